The monoisotopic (exact) mass is 379 g/mol. The minimum absolute atomic E-state index is 0.00405. The van der Waals surface area contributed by atoms with Gasteiger partial charge in [-0.1, -0.05) is 48.5 Å². The summed E-state index contributed by atoms with van der Waals surface area (Å²) in [6.45, 7) is 6.47. The standard InChI is InChI=1S/C23H29N3O2/c1-17-7-6-8-18(2)22(17)25-21(27)16-26-13-11-20(12-14-26)23(28)24-15-19-9-4-3-5-10-19/h3-10,20H,11-16H2,1-2H3,(H,24,28)(H,25,27). The Morgan fingerprint density at radius 3 is 2.25 bits per heavy atom. The highest BCUT2D eigenvalue weighted by Crippen LogP contribution is 2.20. The van der Waals surface area contributed by atoms with Crippen LogP contribution in [-0.4, -0.2) is 36.3 Å². The van der Waals surface area contributed by atoms with Crippen molar-refractivity contribution in [2.75, 3.05) is 25.0 Å². The number of amides is 2. The number of benzene rings is 2. The van der Waals surface area contributed by atoms with E-state index in [1.807, 2.05) is 62.4 Å². The zero-order valence-electron chi connectivity index (χ0n) is 16.7. The SMILES string of the molecule is Cc1cccc(C)c1NC(=O)CN1CCC(C(=O)NCc2ccccc2)CC1. The van der Waals surface area contributed by atoms with E-state index in [-0.39, 0.29) is 17.7 Å². The number of aryl methyl sites for hydroxylation is 2. The average molecular weight is 380 g/mol. The molecule has 3 rings (SSSR count). The summed E-state index contributed by atoms with van der Waals surface area (Å²) in [5.74, 6) is 0.148. The molecule has 148 valence electrons. The molecular weight excluding hydrogens is 350 g/mol. The molecule has 0 aliphatic carbocycles. The Balaban J connectivity index is 1.42. The number of carbonyl (C=O) groups is 2. The fourth-order valence-corrected chi connectivity index (χ4v) is 3.68. The van der Waals surface area contributed by atoms with E-state index in [0.717, 1.165) is 48.3 Å². The highest BCUT2D eigenvalue weighted by molar-refractivity contribution is 5.93. The summed E-state index contributed by atoms with van der Waals surface area (Å²) >= 11 is 0. The molecule has 0 atom stereocenters. The second kappa shape index (κ2) is 9.51. The molecule has 1 aliphatic heterocycles. The van der Waals surface area contributed by atoms with Gasteiger partial charge in [0.25, 0.3) is 0 Å². The van der Waals surface area contributed by atoms with Gasteiger partial charge in [-0.05, 0) is 56.5 Å². The topological polar surface area (TPSA) is 61.4 Å². The van der Waals surface area contributed by atoms with Gasteiger partial charge in [0.1, 0.15) is 0 Å². The number of para-hydroxylation sites is 1. The summed E-state index contributed by atoms with van der Waals surface area (Å²) in [4.78, 5) is 27.0. The molecule has 2 amide bonds. The molecule has 1 saturated heterocycles. The lowest BCUT2D eigenvalue weighted by Crippen LogP contribution is -2.43. The van der Waals surface area contributed by atoms with Crippen molar-refractivity contribution in [1.29, 1.82) is 0 Å². The Morgan fingerprint density at radius 1 is 0.964 bits per heavy atom. The Kier molecular flexibility index (Phi) is 6.82. The van der Waals surface area contributed by atoms with Crippen molar-refractivity contribution in [3.63, 3.8) is 0 Å². The molecule has 1 fully saturated rings. The first kappa shape index (κ1) is 20.1. The molecule has 1 aliphatic rings. The summed E-state index contributed by atoms with van der Waals surface area (Å²) < 4.78 is 0. The fourth-order valence-electron chi connectivity index (χ4n) is 3.68. The van der Waals surface area contributed by atoms with Crippen LogP contribution in [0.2, 0.25) is 0 Å². The lowest BCUT2D eigenvalue weighted by atomic mass is 9.96. The van der Waals surface area contributed by atoms with Crippen molar-refractivity contribution in [2.24, 2.45) is 5.92 Å². The number of likely N-dealkylation sites (tertiary alicyclic amines) is 1. The van der Waals surface area contributed by atoms with Crippen molar-refractivity contribution >= 4 is 17.5 Å². The van der Waals surface area contributed by atoms with Crippen LogP contribution in [0.4, 0.5) is 5.69 Å². The third-order valence-corrected chi connectivity index (χ3v) is 5.38. The van der Waals surface area contributed by atoms with E-state index in [1.165, 1.54) is 0 Å². The Bertz CT molecular complexity index is 792. The maximum absolute atomic E-state index is 12.4. The lowest BCUT2D eigenvalue weighted by molar-refractivity contribution is -0.126. The van der Waals surface area contributed by atoms with Crippen molar-refractivity contribution in [1.82, 2.24) is 10.2 Å². The summed E-state index contributed by atoms with van der Waals surface area (Å²) in [7, 11) is 0. The lowest BCUT2D eigenvalue weighted by Gasteiger charge is -2.30. The molecule has 0 bridgehead atoms. The molecular formula is C23H29N3O2. The minimum atomic E-state index is 0.00405. The summed E-state index contributed by atoms with van der Waals surface area (Å²) in [5, 5.41) is 6.07. The number of piperidine rings is 1. The largest absolute Gasteiger partial charge is 0.352 e. The van der Waals surface area contributed by atoms with Crippen LogP contribution in [0, 0.1) is 19.8 Å². The van der Waals surface area contributed by atoms with Gasteiger partial charge in [0.15, 0.2) is 0 Å². The number of nitrogens with zero attached hydrogens (tertiary/aromatic N) is 1. The highest BCUT2D eigenvalue weighted by atomic mass is 16.2. The molecule has 5 heteroatoms. The van der Waals surface area contributed by atoms with E-state index in [2.05, 4.69) is 15.5 Å². The molecule has 0 radical (unpaired) electrons. The third-order valence-electron chi connectivity index (χ3n) is 5.38. The summed E-state index contributed by atoms with van der Waals surface area (Å²) in [5.41, 5.74) is 4.16. The molecule has 0 unspecified atom stereocenters. The summed E-state index contributed by atoms with van der Waals surface area (Å²) in [6.07, 6.45) is 1.58. The predicted octanol–water partition coefficient (Wildman–Crippen LogP) is 3.27. The normalized spacial score (nSPS) is 15.2. The highest BCUT2D eigenvalue weighted by Gasteiger charge is 2.25. The molecule has 2 N–H and O–H groups in total. The van der Waals surface area contributed by atoms with Crippen molar-refractivity contribution in [3.8, 4) is 0 Å². The molecule has 0 saturated carbocycles. The van der Waals surface area contributed by atoms with Crippen molar-refractivity contribution in [3.05, 3.63) is 65.2 Å². The number of rotatable bonds is 6. The first-order chi connectivity index (χ1) is 13.5. The van der Waals surface area contributed by atoms with Crippen LogP contribution in [0.5, 0.6) is 0 Å². The number of carbonyl (C=O) groups excluding carboxylic acids is 2. The van der Waals surface area contributed by atoms with Crippen molar-refractivity contribution in [2.45, 2.75) is 33.2 Å². The molecule has 2 aromatic rings. The van der Waals surface area contributed by atoms with E-state index in [0.29, 0.717) is 13.1 Å². The van der Waals surface area contributed by atoms with E-state index >= 15 is 0 Å². The molecule has 2 aromatic carbocycles. The number of hydrogen-bond acceptors (Lipinski definition) is 3. The smallest absolute Gasteiger partial charge is 0.238 e. The van der Waals surface area contributed by atoms with Gasteiger partial charge in [0.05, 0.1) is 6.54 Å². The molecule has 1 heterocycles. The first-order valence-corrected chi connectivity index (χ1v) is 9.93. The Morgan fingerprint density at radius 2 is 1.61 bits per heavy atom. The van der Waals surface area contributed by atoms with Crippen molar-refractivity contribution < 1.29 is 9.59 Å². The molecule has 5 nitrogen and oxygen atoms in total. The average Bonchev–Trinajstić information content (AvgIpc) is 2.70. The van der Waals surface area contributed by atoms with E-state index in [9.17, 15) is 9.59 Å². The third kappa shape index (κ3) is 5.42. The van der Waals surface area contributed by atoms with Crippen LogP contribution >= 0.6 is 0 Å². The zero-order chi connectivity index (χ0) is 19.9. The predicted molar refractivity (Wildman–Crippen MR) is 112 cm³/mol. The zero-order valence-corrected chi connectivity index (χ0v) is 16.7. The number of anilines is 1. The van der Waals surface area contributed by atoms with Crippen LogP contribution in [-0.2, 0) is 16.1 Å². The number of hydrogen-bond donors (Lipinski definition) is 2. The quantitative estimate of drug-likeness (QED) is 0.810. The van der Waals surface area contributed by atoms with Crippen LogP contribution in [0.3, 0.4) is 0 Å². The maximum atomic E-state index is 12.4. The van der Waals surface area contributed by atoms with Crippen LogP contribution in [0.25, 0.3) is 0 Å². The van der Waals surface area contributed by atoms with Gasteiger partial charge >= 0.3 is 0 Å². The van der Waals surface area contributed by atoms with Gasteiger partial charge < -0.3 is 10.6 Å². The summed E-state index contributed by atoms with van der Waals surface area (Å²) in [6, 6.07) is 15.9. The van der Waals surface area contributed by atoms with Gasteiger partial charge in [0, 0.05) is 18.2 Å². The van der Waals surface area contributed by atoms with Crippen LogP contribution in [0.1, 0.15) is 29.5 Å². The second-order valence-corrected chi connectivity index (χ2v) is 7.57. The van der Waals surface area contributed by atoms with Gasteiger partial charge in [-0.2, -0.15) is 0 Å². The molecule has 0 aromatic heterocycles. The van der Waals surface area contributed by atoms with E-state index in [4.69, 9.17) is 0 Å². The number of nitrogens with one attached hydrogen (secondary N) is 2. The Labute approximate surface area is 167 Å². The maximum Gasteiger partial charge on any atom is 0.238 e. The fraction of sp³-hybridized carbons (Fsp3) is 0.391. The van der Waals surface area contributed by atoms with Crippen LogP contribution < -0.4 is 10.6 Å². The second-order valence-electron chi connectivity index (χ2n) is 7.57. The molecule has 28 heavy (non-hydrogen) atoms. The minimum Gasteiger partial charge on any atom is -0.352 e. The first-order valence-electron chi connectivity index (χ1n) is 9.93. The van der Waals surface area contributed by atoms with E-state index in [1.54, 1.807) is 0 Å². The van der Waals surface area contributed by atoms with E-state index < -0.39 is 0 Å². The Hall–Kier alpha value is -2.66. The van der Waals surface area contributed by atoms with Gasteiger partial charge in [-0.25, -0.2) is 0 Å². The molecule has 0 spiro atoms. The van der Waals surface area contributed by atoms with Gasteiger partial charge in [0.2, 0.25) is 11.8 Å². The van der Waals surface area contributed by atoms with Gasteiger partial charge in [-0.3, -0.25) is 14.5 Å². The van der Waals surface area contributed by atoms with Crippen LogP contribution in [0.15, 0.2) is 48.5 Å². The van der Waals surface area contributed by atoms with Gasteiger partial charge in [-0.15, -0.1) is 0 Å².